The van der Waals surface area contributed by atoms with Crippen LogP contribution in [0.4, 0.5) is 11.5 Å². The summed E-state index contributed by atoms with van der Waals surface area (Å²) < 4.78 is 0. The molecule has 0 radical (unpaired) electrons. The van der Waals surface area contributed by atoms with Gasteiger partial charge in [0.2, 0.25) is 0 Å². The molecule has 0 aliphatic carbocycles. The Hall–Kier alpha value is -2.43. The lowest BCUT2D eigenvalue weighted by Crippen LogP contribution is -2.31. The SMILES string of the molecule is CCN(c1cccc(C)c1)c1cc(C(=O)NC(C)C)nc(C)n1. The Bertz CT molecular complexity index is 697. The van der Waals surface area contributed by atoms with Gasteiger partial charge in [-0.3, -0.25) is 4.79 Å². The fourth-order valence-electron chi connectivity index (χ4n) is 2.42. The summed E-state index contributed by atoms with van der Waals surface area (Å²) in [5.74, 6) is 1.15. The van der Waals surface area contributed by atoms with E-state index in [1.54, 1.807) is 13.0 Å². The van der Waals surface area contributed by atoms with Crippen LogP contribution in [-0.2, 0) is 0 Å². The van der Waals surface area contributed by atoms with Crippen LogP contribution < -0.4 is 10.2 Å². The second-order valence-corrected chi connectivity index (χ2v) is 5.87. The van der Waals surface area contributed by atoms with Gasteiger partial charge in [-0.05, 0) is 52.3 Å². The van der Waals surface area contributed by atoms with Crippen molar-refractivity contribution in [3.8, 4) is 0 Å². The van der Waals surface area contributed by atoms with Crippen molar-refractivity contribution < 1.29 is 4.79 Å². The van der Waals surface area contributed by atoms with Crippen molar-refractivity contribution in [1.82, 2.24) is 15.3 Å². The number of carbonyl (C=O) groups is 1. The first-order valence-electron chi connectivity index (χ1n) is 7.91. The van der Waals surface area contributed by atoms with E-state index in [0.29, 0.717) is 11.5 Å². The molecule has 1 aromatic carbocycles. The monoisotopic (exact) mass is 312 g/mol. The molecule has 122 valence electrons. The van der Waals surface area contributed by atoms with Crippen LogP contribution in [0, 0.1) is 13.8 Å². The number of carbonyl (C=O) groups excluding carboxylic acids is 1. The highest BCUT2D eigenvalue weighted by atomic mass is 16.1. The van der Waals surface area contributed by atoms with Crippen LogP contribution in [0.5, 0.6) is 0 Å². The lowest BCUT2D eigenvalue weighted by molar-refractivity contribution is 0.0937. The van der Waals surface area contributed by atoms with Crippen molar-refractivity contribution in [3.63, 3.8) is 0 Å². The van der Waals surface area contributed by atoms with Gasteiger partial charge in [0.1, 0.15) is 17.3 Å². The van der Waals surface area contributed by atoms with E-state index in [9.17, 15) is 4.79 Å². The maximum Gasteiger partial charge on any atom is 0.270 e. The van der Waals surface area contributed by atoms with Crippen molar-refractivity contribution in [2.45, 2.75) is 40.7 Å². The van der Waals surface area contributed by atoms with Crippen molar-refractivity contribution in [1.29, 1.82) is 0 Å². The Labute approximate surface area is 137 Å². The van der Waals surface area contributed by atoms with Gasteiger partial charge in [0.15, 0.2) is 0 Å². The molecule has 0 unspecified atom stereocenters. The normalized spacial score (nSPS) is 10.7. The molecule has 0 fully saturated rings. The van der Waals surface area contributed by atoms with Crippen molar-refractivity contribution in [2.75, 3.05) is 11.4 Å². The topological polar surface area (TPSA) is 58.1 Å². The lowest BCUT2D eigenvalue weighted by Gasteiger charge is -2.23. The van der Waals surface area contributed by atoms with E-state index in [1.807, 2.05) is 26.0 Å². The lowest BCUT2D eigenvalue weighted by atomic mass is 10.2. The predicted octanol–water partition coefficient (Wildman–Crippen LogP) is 3.39. The Balaban J connectivity index is 2.41. The van der Waals surface area contributed by atoms with E-state index >= 15 is 0 Å². The predicted molar refractivity (Wildman–Crippen MR) is 93.2 cm³/mol. The number of aryl methyl sites for hydroxylation is 2. The number of hydrogen-bond acceptors (Lipinski definition) is 4. The molecule has 5 heteroatoms. The van der Waals surface area contributed by atoms with Crippen LogP contribution in [0.1, 0.15) is 42.6 Å². The number of hydrogen-bond donors (Lipinski definition) is 1. The van der Waals surface area contributed by atoms with E-state index in [-0.39, 0.29) is 11.9 Å². The fourth-order valence-corrected chi connectivity index (χ4v) is 2.42. The summed E-state index contributed by atoms with van der Waals surface area (Å²) in [5.41, 5.74) is 2.64. The van der Waals surface area contributed by atoms with Gasteiger partial charge < -0.3 is 10.2 Å². The number of nitrogens with one attached hydrogen (secondary N) is 1. The third-order valence-corrected chi connectivity index (χ3v) is 3.38. The second-order valence-electron chi connectivity index (χ2n) is 5.87. The molecule has 23 heavy (non-hydrogen) atoms. The highest BCUT2D eigenvalue weighted by Crippen LogP contribution is 2.24. The molecule has 1 aromatic heterocycles. The van der Waals surface area contributed by atoms with E-state index < -0.39 is 0 Å². The molecule has 2 aromatic rings. The van der Waals surface area contributed by atoms with Crippen LogP contribution in [0.3, 0.4) is 0 Å². The minimum Gasteiger partial charge on any atom is -0.349 e. The third-order valence-electron chi connectivity index (χ3n) is 3.38. The van der Waals surface area contributed by atoms with Crippen LogP contribution in [0.2, 0.25) is 0 Å². The minimum atomic E-state index is -0.174. The average molecular weight is 312 g/mol. The van der Waals surface area contributed by atoms with E-state index in [4.69, 9.17) is 0 Å². The van der Waals surface area contributed by atoms with Gasteiger partial charge in [-0.2, -0.15) is 0 Å². The van der Waals surface area contributed by atoms with Gasteiger partial charge in [0, 0.05) is 24.3 Å². The molecular formula is C18H24N4O. The highest BCUT2D eigenvalue weighted by Gasteiger charge is 2.15. The largest absolute Gasteiger partial charge is 0.349 e. The Morgan fingerprint density at radius 1 is 1.22 bits per heavy atom. The smallest absolute Gasteiger partial charge is 0.270 e. The number of aromatic nitrogens is 2. The molecule has 1 amide bonds. The molecule has 1 heterocycles. The Kier molecular flexibility index (Phi) is 5.32. The van der Waals surface area contributed by atoms with Gasteiger partial charge in [-0.15, -0.1) is 0 Å². The zero-order chi connectivity index (χ0) is 17.0. The highest BCUT2D eigenvalue weighted by molar-refractivity contribution is 5.93. The second kappa shape index (κ2) is 7.22. The first kappa shape index (κ1) is 16.9. The van der Waals surface area contributed by atoms with E-state index in [0.717, 1.165) is 18.1 Å². The number of benzene rings is 1. The molecule has 1 N–H and O–H groups in total. The average Bonchev–Trinajstić information content (AvgIpc) is 2.47. The molecule has 0 bridgehead atoms. The molecule has 2 rings (SSSR count). The summed E-state index contributed by atoms with van der Waals surface area (Å²) in [7, 11) is 0. The number of amides is 1. The van der Waals surface area contributed by atoms with Gasteiger partial charge in [0.25, 0.3) is 5.91 Å². The summed E-state index contributed by atoms with van der Waals surface area (Å²) in [4.78, 5) is 23.1. The zero-order valence-corrected chi connectivity index (χ0v) is 14.4. The van der Waals surface area contributed by atoms with Crippen molar-refractivity contribution >= 4 is 17.4 Å². The first-order valence-corrected chi connectivity index (χ1v) is 7.91. The fraction of sp³-hybridized carbons (Fsp3) is 0.389. The van der Waals surface area contributed by atoms with Crippen molar-refractivity contribution in [3.05, 3.63) is 47.4 Å². The van der Waals surface area contributed by atoms with Crippen LogP contribution >= 0.6 is 0 Å². The van der Waals surface area contributed by atoms with Gasteiger partial charge in [-0.1, -0.05) is 12.1 Å². The Morgan fingerprint density at radius 3 is 2.57 bits per heavy atom. The standard InChI is InChI=1S/C18H24N4O/c1-6-22(15-9-7-8-13(4)10-15)17-11-16(20-14(5)21-17)18(23)19-12(2)3/h7-12H,6H2,1-5H3,(H,19,23). The van der Waals surface area contributed by atoms with Crippen molar-refractivity contribution in [2.24, 2.45) is 0 Å². The number of anilines is 2. The maximum absolute atomic E-state index is 12.2. The van der Waals surface area contributed by atoms with E-state index in [2.05, 4.69) is 46.2 Å². The summed E-state index contributed by atoms with van der Waals surface area (Å²) in [5, 5.41) is 2.87. The maximum atomic E-state index is 12.2. The molecule has 0 saturated carbocycles. The zero-order valence-electron chi connectivity index (χ0n) is 14.4. The Morgan fingerprint density at radius 2 is 1.96 bits per heavy atom. The molecule has 0 aliphatic heterocycles. The minimum absolute atomic E-state index is 0.0697. The summed E-state index contributed by atoms with van der Waals surface area (Å²) in [6.45, 7) is 10.5. The van der Waals surface area contributed by atoms with E-state index in [1.165, 1.54) is 5.56 Å². The van der Waals surface area contributed by atoms with Gasteiger partial charge in [0.05, 0.1) is 0 Å². The van der Waals surface area contributed by atoms with Gasteiger partial charge >= 0.3 is 0 Å². The summed E-state index contributed by atoms with van der Waals surface area (Å²) >= 11 is 0. The van der Waals surface area contributed by atoms with Gasteiger partial charge in [-0.25, -0.2) is 9.97 Å². The molecule has 5 nitrogen and oxygen atoms in total. The van der Waals surface area contributed by atoms with Crippen LogP contribution in [0.25, 0.3) is 0 Å². The first-order chi connectivity index (χ1) is 10.9. The molecule has 0 spiro atoms. The van der Waals surface area contributed by atoms with Crippen LogP contribution in [0.15, 0.2) is 30.3 Å². The number of nitrogens with zero attached hydrogens (tertiary/aromatic N) is 3. The van der Waals surface area contributed by atoms with Crippen LogP contribution in [-0.4, -0.2) is 28.5 Å². The molecule has 0 saturated heterocycles. The molecule has 0 aliphatic rings. The summed E-state index contributed by atoms with van der Waals surface area (Å²) in [6.07, 6.45) is 0. The molecule has 0 atom stereocenters. The number of rotatable bonds is 5. The third kappa shape index (κ3) is 4.28. The summed E-state index contributed by atoms with van der Waals surface area (Å²) in [6, 6.07) is 10.0. The quantitative estimate of drug-likeness (QED) is 0.919. The molecular weight excluding hydrogens is 288 g/mol.